The molecule has 1 aromatic carbocycles. The molecule has 15 heavy (non-hydrogen) atoms. The molecule has 82 valence electrons. The fourth-order valence-electron chi connectivity index (χ4n) is 1.41. The standard InChI is InChI=1S/C13H19NO/c1-10(2)12(9-14)7-11-5-4-6-13(8-11)15-3/h4-8,10H,9,14H2,1-3H3. The molecule has 0 bridgehead atoms. The SMILES string of the molecule is COc1cccc(C=C(CN)C(C)C)c1. The van der Waals surface area contributed by atoms with E-state index >= 15 is 0 Å². The van der Waals surface area contributed by atoms with Crippen LogP contribution in [0, 0.1) is 5.92 Å². The van der Waals surface area contributed by atoms with Gasteiger partial charge >= 0.3 is 0 Å². The lowest BCUT2D eigenvalue weighted by molar-refractivity contribution is 0.414. The lowest BCUT2D eigenvalue weighted by Gasteiger charge is -2.09. The van der Waals surface area contributed by atoms with Crippen molar-refractivity contribution < 1.29 is 4.74 Å². The van der Waals surface area contributed by atoms with Crippen LogP contribution >= 0.6 is 0 Å². The first-order valence-corrected chi connectivity index (χ1v) is 5.22. The molecule has 0 aromatic heterocycles. The van der Waals surface area contributed by atoms with E-state index in [1.807, 2.05) is 18.2 Å². The molecule has 0 aliphatic carbocycles. The first-order chi connectivity index (χ1) is 7.17. The third kappa shape index (κ3) is 3.40. The van der Waals surface area contributed by atoms with E-state index in [-0.39, 0.29) is 0 Å². The smallest absolute Gasteiger partial charge is 0.119 e. The number of rotatable bonds is 4. The molecule has 0 spiro atoms. The van der Waals surface area contributed by atoms with Gasteiger partial charge in [-0.25, -0.2) is 0 Å². The lowest BCUT2D eigenvalue weighted by atomic mass is 10.0. The third-order valence-electron chi connectivity index (χ3n) is 2.42. The van der Waals surface area contributed by atoms with Gasteiger partial charge < -0.3 is 10.5 Å². The lowest BCUT2D eigenvalue weighted by Crippen LogP contribution is -2.08. The van der Waals surface area contributed by atoms with Crippen molar-refractivity contribution in [3.05, 3.63) is 35.4 Å². The minimum Gasteiger partial charge on any atom is -0.497 e. The fraction of sp³-hybridized carbons (Fsp3) is 0.385. The minimum atomic E-state index is 0.487. The number of methoxy groups -OCH3 is 1. The average molecular weight is 205 g/mol. The number of benzene rings is 1. The summed E-state index contributed by atoms with van der Waals surface area (Å²) < 4.78 is 5.17. The Bertz CT molecular complexity index is 342. The molecular weight excluding hydrogens is 186 g/mol. The molecule has 0 unspecified atom stereocenters. The Balaban J connectivity index is 2.95. The van der Waals surface area contributed by atoms with Gasteiger partial charge in [0.1, 0.15) is 5.75 Å². The zero-order valence-corrected chi connectivity index (χ0v) is 9.66. The van der Waals surface area contributed by atoms with Crippen LogP contribution in [0.2, 0.25) is 0 Å². The molecule has 2 nitrogen and oxygen atoms in total. The third-order valence-corrected chi connectivity index (χ3v) is 2.42. The van der Waals surface area contributed by atoms with E-state index in [4.69, 9.17) is 10.5 Å². The Morgan fingerprint density at radius 2 is 2.20 bits per heavy atom. The second-order valence-corrected chi connectivity index (χ2v) is 3.85. The van der Waals surface area contributed by atoms with Gasteiger partial charge in [-0.05, 0) is 23.6 Å². The predicted octanol–water partition coefficient (Wildman–Crippen LogP) is 2.69. The topological polar surface area (TPSA) is 35.2 Å². The summed E-state index contributed by atoms with van der Waals surface area (Å²) in [4.78, 5) is 0. The number of hydrogen-bond donors (Lipinski definition) is 1. The molecule has 0 heterocycles. The highest BCUT2D eigenvalue weighted by Gasteiger charge is 2.01. The molecular formula is C13H19NO. The maximum Gasteiger partial charge on any atom is 0.119 e. The van der Waals surface area contributed by atoms with Gasteiger partial charge in [-0.15, -0.1) is 0 Å². The molecule has 0 aliphatic rings. The Morgan fingerprint density at radius 1 is 1.47 bits per heavy atom. The maximum absolute atomic E-state index is 5.69. The van der Waals surface area contributed by atoms with E-state index < -0.39 is 0 Å². The van der Waals surface area contributed by atoms with Crippen LogP contribution in [0.5, 0.6) is 5.75 Å². The first-order valence-electron chi connectivity index (χ1n) is 5.22. The van der Waals surface area contributed by atoms with Gasteiger partial charge in [-0.3, -0.25) is 0 Å². The predicted molar refractivity (Wildman–Crippen MR) is 64.9 cm³/mol. The quantitative estimate of drug-likeness (QED) is 0.820. The van der Waals surface area contributed by atoms with Gasteiger partial charge in [0.25, 0.3) is 0 Å². The fourth-order valence-corrected chi connectivity index (χ4v) is 1.41. The van der Waals surface area contributed by atoms with Crippen LogP contribution in [0.25, 0.3) is 6.08 Å². The summed E-state index contributed by atoms with van der Waals surface area (Å²) in [5.74, 6) is 1.37. The molecule has 0 aliphatic heterocycles. The minimum absolute atomic E-state index is 0.487. The molecule has 0 saturated heterocycles. The van der Waals surface area contributed by atoms with Crippen molar-refractivity contribution in [2.24, 2.45) is 11.7 Å². The summed E-state index contributed by atoms with van der Waals surface area (Å²) >= 11 is 0. The molecule has 2 N–H and O–H groups in total. The zero-order chi connectivity index (χ0) is 11.3. The van der Waals surface area contributed by atoms with E-state index in [9.17, 15) is 0 Å². The van der Waals surface area contributed by atoms with Crippen molar-refractivity contribution in [3.63, 3.8) is 0 Å². The normalized spacial score (nSPS) is 11.9. The summed E-state index contributed by atoms with van der Waals surface area (Å²) in [6.07, 6.45) is 2.13. The van der Waals surface area contributed by atoms with Crippen molar-refractivity contribution in [1.29, 1.82) is 0 Å². The van der Waals surface area contributed by atoms with E-state index in [1.165, 1.54) is 5.57 Å². The van der Waals surface area contributed by atoms with Crippen LogP contribution in [-0.4, -0.2) is 13.7 Å². The van der Waals surface area contributed by atoms with Gasteiger partial charge in [0.05, 0.1) is 7.11 Å². The van der Waals surface area contributed by atoms with Crippen LogP contribution in [0.4, 0.5) is 0 Å². The molecule has 0 fully saturated rings. The molecule has 1 aromatic rings. The van der Waals surface area contributed by atoms with Crippen molar-refractivity contribution in [2.75, 3.05) is 13.7 Å². The molecule has 0 amide bonds. The number of hydrogen-bond acceptors (Lipinski definition) is 2. The summed E-state index contributed by atoms with van der Waals surface area (Å²) in [5.41, 5.74) is 8.09. The highest BCUT2D eigenvalue weighted by molar-refractivity contribution is 5.55. The van der Waals surface area contributed by atoms with E-state index in [0.717, 1.165) is 11.3 Å². The van der Waals surface area contributed by atoms with Gasteiger partial charge in [0, 0.05) is 6.54 Å². The van der Waals surface area contributed by atoms with Crippen molar-refractivity contribution in [1.82, 2.24) is 0 Å². The summed E-state index contributed by atoms with van der Waals surface area (Å²) in [6, 6.07) is 7.99. The Morgan fingerprint density at radius 3 is 2.73 bits per heavy atom. The van der Waals surface area contributed by atoms with Crippen LogP contribution in [-0.2, 0) is 0 Å². The van der Waals surface area contributed by atoms with Crippen molar-refractivity contribution in [3.8, 4) is 5.75 Å². The monoisotopic (exact) mass is 205 g/mol. The van der Waals surface area contributed by atoms with Crippen LogP contribution in [0.3, 0.4) is 0 Å². The maximum atomic E-state index is 5.69. The number of ether oxygens (including phenoxy) is 1. The molecule has 0 atom stereocenters. The number of nitrogens with two attached hydrogens (primary N) is 1. The highest BCUT2D eigenvalue weighted by Crippen LogP contribution is 2.17. The van der Waals surface area contributed by atoms with E-state index in [0.29, 0.717) is 12.5 Å². The average Bonchev–Trinajstić information content (AvgIpc) is 2.25. The molecule has 2 heteroatoms. The summed E-state index contributed by atoms with van der Waals surface area (Å²) in [7, 11) is 1.68. The zero-order valence-electron chi connectivity index (χ0n) is 9.66. The molecule has 0 radical (unpaired) electrons. The summed E-state index contributed by atoms with van der Waals surface area (Å²) in [6.45, 7) is 4.91. The van der Waals surface area contributed by atoms with E-state index in [2.05, 4.69) is 26.0 Å². The molecule has 1 rings (SSSR count). The van der Waals surface area contributed by atoms with Crippen LogP contribution in [0.1, 0.15) is 19.4 Å². The van der Waals surface area contributed by atoms with Gasteiger partial charge in [-0.1, -0.05) is 37.6 Å². The van der Waals surface area contributed by atoms with Crippen molar-refractivity contribution in [2.45, 2.75) is 13.8 Å². The van der Waals surface area contributed by atoms with E-state index in [1.54, 1.807) is 7.11 Å². The Hall–Kier alpha value is -1.28. The Labute approximate surface area is 91.7 Å². The first kappa shape index (κ1) is 11.8. The van der Waals surface area contributed by atoms with Gasteiger partial charge in [-0.2, -0.15) is 0 Å². The largest absolute Gasteiger partial charge is 0.497 e. The van der Waals surface area contributed by atoms with Gasteiger partial charge in [0.15, 0.2) is 0 Å². The van der Waals surface area contributed by atoms with Crippen molar-refractivity contribution >= 4 is 6.08 Å². The highest BCUT2D eigenvalue weighted by atomic mass is 16.5. The summed E-state index contributed by atoms with van der Waals surface area (Å²) in [5, 5.41) is 0. The van der Waals surface area contributed by atoms with Crippen LogP contribution in [0.15, 0.2) is 29.8 Å². The van der Waals surface area contributed by atoms with Gasteiger partial charge in [0.2, 0.25) is 0 Å². The molecule has 0 saturated carbocycles. The second kappa shape index (κ2) is 5.56. The van der Waals surface area contributed by atoms with Crippen LogP contribution < -0.4 is 10.5 Å². The Kier molecular flexibility index (Phi) is 4.37. The second-order valence-electron chi connectivity index (χ2n) is 3.85.